The van der Waals surface area contributed by atoms with Crippen molar-refractivity contribution in [3.8, 4) is 5.75 Å². The molecule has 0 saturated heterocycles. The van der Waals surface area contributed by atoms with E-state index in [0.717, 1.165) is 11.1 Å². The van der Waals surface area contributed by atoms with Crippen LogP contribution in [0.4, 0.5) is 0 Å². The molecule has 0 radical (unpaired) electrons. The fourth-order valence-corrected chi connectivity index (χ4v) is 1.29. The second-order valence-electron chi connectivity index (χ2n) is 3.28. The maximum absolute atomic E-state index is 9.12. The molecule has 0 atom stereocenters. The summed E-state index contributed by atoms with van der Waals surface area (Å²) in [6, 6.07) is 3.57. The summed E-state index contributed by atoms with van der Waals surface area (Å²) in [6.07, 6.45) is 0. The third kappa shape index (κ3) is 2.27. The molecule has 0 bridgehead atoms. The van der Waals surface area contributed by atoms with Gasteiger partial charge in [-0.05, 0) is 38.0 Å². The molecule has 0 fully saturated rings. The molecule has 1 rings (SSSR count). The summed E-state index contributed by atoms with van der Waals surface area (Å²) in [5.74, 6) is 0.547. The molecule has 0 saturated carbocycles. The monoisotopic (exact) mass is 194 g/mol. The van der Waals surface area contributed by atoms with Crippen LogP contribution in [0.25, 0.3) is 0 Å². The van der Waals surface area contributed by atoms with Crippen LogP contribution in [0.5, 0.6) is 5.75 Å². The van der Waals surface area contributed by atoms with E-state index in [4.69, 9.17) is 14.8 Å². The summed E-state index contributed by atoms with van der Waals surface area (Å²) in [7, 11) is -1.48. The van der Waals surface area contributed by atoms with Crippen molar-refractivity contribution in [2.75, 3.05) is 6.61 Å². The lowest BCUT2D eigenvalue weighted by atomic mass is 9.78. The van der Waals surface area contributed by atoms with Gasteiger partial charge in [0, 0.05) is 5.46 Å². The van der Waals surface area contributed by atoms with Crippen molar-refractivity contribution in [3.63, 3.8) is 0 Å². The van der Waals surface area contributed by atoms with E-state index in [1.165, 1.54) is 0 Å². The molecule has 0 aliphatic rings. The van der Waals surface area contributed by atoms with Gasteiger partial charge in [-0.15, -0.1) is 0 Å². The molecule has 1 aromatic rings. The number of hydrogen-bond donors (Lipinski definition) is 2. The van der Waals surface area contributed by atoms with Gasteiger partial charge >= 0.3 is 7.12 Å². The van der Waals surface area contributed by atoms with Gasteiger partial charge < -0.3 is 14.8 Å². The minimum Gasteiger partial charge on any atom is -0.494 e. The number of ether oxygens (including phenoxy) is 1. The lowest BCUT2D eigenvalue weighted by molar-refractivity contribution is 0.339. The van der Waals surface area contributed by atoms with Gasteiger partial charge in [-0.3, -0.25) is 0 Å². The van der Waals surface area contributed by atoms with Crippen LogP contribution in [0.15, 0.2) is 12.1 Å². The minimum absolute atomic E-state index is 0.426. The molecular weight excluding hydrogens is 179 g/mol. The molecule has 3 nitrogen and oxygen atoms in total. The van der Waals surface area contributed by atoms with Crippen LogP contribution >= 0.6 is 0 Å². The van der Waals surface area contributed by atoms with E-state index < -0.39 is 7.12 Å². The van der Waals surface area contributed by atoms with E-state index in [9.17, 15) is 0 Å². The molecule has 0 unspecified atom stereocenters. The molecule has 76 valence electrons. The van der Waals surface area contributed by atoms with Crippen LogP contribution in [0.2, 0.25) is 0 Å². The van der Waals surface area contributed by atoms with E-state index in [1.54, 1.807) is 6.07 Å². The SMILES string of the molecule is CCOc1cc(C)c(C)cc1B(O)O. The fourth-order valence-electron chi connectivity index (χ4n) is 1.29. The highest BCUT2D eigenvalue weighted by atomic mass is 16.5. The van der Waals surface area contributed by atoms with Crippen molar-refractivity contribution in [1.82, 2.24) is 0 Å². The van der Waals surface area contributed by atoms with Crippen molar-refractivity contribution >= 4 is 12.6 Å². The zero-order valence-corrected chi connectivity index (χ0v) is 8.74. The lowest BCUT2D eigenvalue weighted by Crippen LogP contribution is -2.32. The van der Waals surface area contributed by atoms with Gasteiger partial charge in [0.2, 0.25) is 0 Å². The highest BCUT2D eigenvalue weighted by molar-refractivity contribution is 6.59. The average molecular weight is 194 g/mol. The van der Waals surface area contributed by atoms with Crippen LogP contribution in [0.1, 0.15) is 18.1 Å². The van der Waals surface area contributed by atoms with Crippen LogP contribution < -0.4 is 10.2 Å². The Kier molecular flexibility index (Phi) is 3.55. The molecule has 0 spiro atoms. The highest BCUT2D eigenvalue weighted by Crippen LogP contribution is 2.14. The summed E-state index contributed by atoms with van der Waals surface area (Å²) in [5.41, 5.74) is 2.53. The summed E-state index contributed by atoms with van der Waals surface area (Å²) >= 11 is 0. The first-order chi connectivity index (χ1) is 6.56. The number of rotatable bonds is 3. The molecule has 0 heterocycles. The molecule has 1 aromatic carbocycles. The Morgan fingerprint density at radius 2 is 1.79 bits per heavy atom. The van der Waals surface area contributed by atoms with Gasteiger partial charge in [-0.25, -0.2) is 0 Å². The maximum atomic E-state index is 9.12. The first-order valence-electron chi connectivity index (χ1n) is 4.66. The second kappa shape index (κ2) is 4.48. The Morgan fingerprint density at radius 1 is 1.21 bits per heavy atom. The predicted molar refractivity (Wildman–Crippen MR) is 56.9 cm³/mol. The predicted octanol–water partition coefficient (Wildman–Crippen LogP) is 0.382. The standard InChI is InChI=1S/C10H15BO3/c1-4-14-10-6-8(3)7(2)5-9(10)11(12)13/h5-6,12-13H,4H2,1-3H3. The number of hydrogen-bond acceptors (Lipinski definition) is 3. The molecule has 2 N–H and O–H groups in total. The van der Waals surface area contributed by atoms with Crippen molar-refractivity contribution in [3.05, 3.63) is 23.3 Å². The van der Waals surface area contributed by atoms with E-state index in [-0.39, 0.29) is 0 Å². The smallest absolute Gasteiger partial charge is 0.492 e. The van der Waals surface area contributed by atoms with E-state index in [0.29, 0.717) is 17.8 Å². The number of benzene rings is 1. The second-order valence-corrected chi connectivity index (χ2v) is 3.28. The van der Waals surface area contributed by atoms with Gasteiger partial charge in [0.25, 0.3) is 0 Å². The maximum Gasteiger partial charge on any atom is 0.492 e. The third-order valence-corrected chi connectivity index (χ3v) is 2.20. The van der Waals surface area contributed by atoms with E-state index in [2.05, 4.69) is 0 Å². The van der Waals surface area contributed by atoms with Crippen molar-refractivity contribution in [1.29, 1.82) is 0 Å². The van der Waals surface area contributed by atoms with Gasteiger partial charge in [0.05, 0.1) is 6.61 Å². The van der Waals surface area contributed by atoms with Crippen molar-refractivity contribution < 1.29 is 14.8 Å². The van der Waals surface area contributed by atoms with Crippen LogP contribution in [-0.2, 0) is 0 Å². The summed E-state index contributed by atoms with van der Waals surface area (Å²) < 4.78 is 5.31. The van der Waals surface area contributed by atoms with Gasteiger partial charge in [-0.1, -0.05) is 6.07 Å². The Labute approximate surface area is 84.5 Å². The molecule has 0 amide bonds. The fraction of sp³-hybridized carbons (Fsp3) is 0.400. The van der Waals surface area contributed by atoms with Crippen LogP contribution in [-0.4, -0.2) is 23.8 Å². The van der Waals surface area contributed by atoms with E-state index >= 15 is 0 Å². The molecular formula is C10H15BO3. The van der Waals surface area contributed by atoms with Crippen LogP contribution in [0.3, 0.4) is 0 Å². The van der Waals surface area contributed by atoms with Gasteiger partial charge in [-0.2, -0.15) is 0 Å². The average Bonchev–Trinajstić information content (AvgIpc) is 2.11. The zero-order valence-electron chi connectivity index (χ0n) is 8.74. The summed E-state index contributed by atoms with van der Waals surface area (Å²) in [5, 5.41) is 18.2. The molecule has 0 aromatic heterocycles. The largest absolute Gasteiger partial charge is 0.494 e. The van der Waals surface area contributed by atoms with Gasteiger partial charge in [0.1, 0.15) is 5.75 Å². The van der Waals surface area contributed by atoms with Crippen molar-refractivity contribution in [2.45, 2.75) is 20.8 Å². The Morgan fingerprint density at radius 3 is 2.29 bits per heavy atom. The van der Waals surface area contributed by atoms with Crippen molar-refractivity contribution in [2.24, 2.45) is 0 Å². The molecule has 0 aliphatic carbocycles. The number of aryl methyl sites for hydroxylation is 2. The Bertz CT molecular complexity index is 323. The third-order valence-electron chi connectivity index (χ3n) is 2.20. The van der Waals surface area contributed by atoms with Gasteiger partial charge in [0.15, 0.2) is 0 Å². The quantitative estimate of drug-likeness (QED) is 0.684. The van der Waals surface area contributed by atoms with E-state index in [1.807, 2.05) is 26.8 Å². The summed E-state index contributed by atoms with van der Waals surface area (Å²) in [6.45, 7) is 6.27. The zero-order chi connectivity index (χ0) is 10.7. The Hall–Kier alpha value is -0.995. The first kappa shape index (κ1) is 11.1. The lowest BCUT2D eigenvalue weighted by Gasteiger charge is -2.12. The molecule has 0 aliphatic heterocycles. The molecule has 14 heavy (non-hydrogen) atoms. The highest BCUT2D eigenvalue weighted by Gasteiger charge is 2.17. The molecule has 4 heteroatoms. The Balaban J connectivity index is 3.17. The summed E-state index contributed by atoms with van der Waals surface area (Å²) in [4.78, 5) is 0. The first-order valence-corrected chi connectivity index (χ1v) is 4.66. The topological polar surface area (TPSA) is 49.7 Å². The minimum atomic E-state index is -1.48. The van der Waals surface area contributed by atoms with Crippen LogP contribution in [0, 0.1) is 13.8 Å². The normalized spacial score (nSPS) is 10.1.